The molecule has 6 heteroatoms. The minimum Gasteiger partial charge on any atom is -0.255 e. The average molecular weight is 279 g/mol. The lowest BCUT2D eigenvalue weighted by Gasteiger charge is -2.05. The number of hydrogen-bond acceptors (Lipinski definition) is 4. The highest BCUT2D eigenvalue weighted by molar-refractivity contribution is 7.91. The SMILES string of the molecule is CCc1cccc(S(=O)(=O)CCc2cn(C)nn2)c1. The molecule has 1 aromatic heterocycles. The Hall–Kier alpha value is -1.69. The van der Waals surface area contributed by atoms with E-state index >= 15 is 0 Å². The van der Waals surface area contributed by atoms with Gasteiger partial charge in [-0.05, 0) is 24.1 Å². The molecular formula is C13H17N3O2S. The lowest BCUT2D eigenvalue weighted by atomic mass is 10.2. The summed E-state index contributed by atoms with van der Waals surface area (Å²) in [6, 6.07) is 7.10. The van der Waals surface area contributed by atoms with Crippen molar-refractivity contribution in [3.63, 3.8) is 0 Å². The van der Waals surface area contributed by atoms with E-state index in [4.69, 9.17) is 0 Å². The Bertz CT molecular complexity index is 662. The van der Waals surface area contributed by atoms with Gasteiger partial charge in [0, 0.05) is 19.7 Å². The summed E-state index contributed by atoms with van der Waals surface area (Å²) >= 11 is 0. The zero-order valence-electron chi connectivity index (χ0n) is 11.1. The van der Waals surface area contributed by atoms with Gasteiger partial charge in [0.1, 0.15) is 0 Å². The minimum absolute atomic E-state index is 0.0544. The highest BCUT2D eigenvalue weighted by Gasteiger charge is 2.15. The zero-order chi connectivity index (χ0) is 13.9. The van der Waals surface area contributed by atoms with Gasteiger partial charge in [-0.3, -0.25) is 4.68 Å². The third kappa shape index (κ3) is 3.41. The van der Waals surface area contributed by atoms with Gasteiger partial charge >= 0.3 is 0 Å². The zero-order valence-corrected chi connectivity index (χ0v) is 11.9. The first-order valence-corrected chi connectivity index (χ1v) is 7.83. The van der Waals surface area contributed by atoms with Crippen molar-refractivity contribution in [1.29, 1.82) is 0 Å². The Labute approximate surface area is 113 Å². The summed E-state index contributed by atoms with van der Waals surface area (Å²) in [5.41, 5.74) is 1.72. The second kappa shape index (κ2) is 5.52. The molecule has 102 valence electrons. The predicted molar refractivity (Wildman–Crippen MR) is 72.6 cm³/mol. The summed E-state index contributed by atoms with van der Waals surface area (Å²) in [6.07, 6.45) is 2.94. The van der Waals surface area contributed by atoms with Crippen LogP contribution in [0, 0.1) is 0 Å². The Kier molecular flexibility index (Phi) is 3.99. The van der Waals surface area contributed by atoms with E-state index in [9.17, 15) is 8.42 Å². The molecule has 0 radical (unpaired) electrons. The Morgan fingerprint density at radius 3 is 2.74 bits per heavy atom. The van der Waals surface area contributed by atoms with Gasteiger partial charge in [0.15, 0.2) is 9.84 Å². The summed E-state index contributed by atoms with van der Waals surface area (Å²) in [4.78, 5) is 0.385. The quantitative estimate of drug-likeness (QED) is 0.829. The highest BCUT2D eigenvalue weighted by Crippen LogP contribution is 2.14. The van der Waals surface area contributed by atoms with Crippen molar-refractivity contribution in [3.05, 3.63) is 41.7 Å². The molecule has 0 atom stereocenters. The topological polar surface area (TPSA) is 64.8 Å². The lowest BCUT2D eigenvalue weighted by molar-refractivity contribution is 0.595. The maximum absolute atomic E-state index is 12.2. The summed E-state index contributed by atoms with van der Waals surface area (Å²) in [6.45, 7) is 2.01. The van der Waals surface area contributed by atoms with Crippen molar-refractivity contribution in [2.24, 2.45) is 7.05 Å². The van der Waals surface area contributed by atoms with Crippen molar-refractivity contribution in [3.8, 4) is 0 Å². The van der Waals surface area contributed by atoms with E-state index in [-0.39, 0.29) is 5.75 Å². The van der Waals surface area contributed by atoms with Crippen LogP contribution in [-0.2, 0) is 29.7 Å². The molecule has 0 unspecified atom stereocenters. The molecule has 0 aliphatic heterocycles. The first-order valence-electron chi connectivity index (χ1n) is 6.18. The fraction of sp³-hybridized carbons (Fsp3) is 0.385. The standard InChI is InChI=1S/C13H17N3O2S/c1-3-11-5-4-6-13(9-11)19(17,18)8-7-12-10-16(2)15-14-12/h4-6,9-10H,3,7-8H2,1-2H3. The number of aromatic nitrogens is 3. The largest absolute Gasteiger partial charge is 0.255 e. The fourth-order valence-electron chi connectivity index (χ4n) is 1.83. The highest BCUT2D eigenvalue weighted by atomic mass is 32.2. The van der Waals surface area contributed by atoms with Gasteiger partial charge in [-0.25, -0.2) is 8.42 Å². The molecule has 2 rings (SSSR count). The second-order valence-electron chi connectivity index (χ2n) is 4.45. The molecular weight excluding hydrogens is 262 g/mol. The van der Waals surface area contributed by atoms with Crippen molar-refractivity contribution < 1.29 is 8.42 Å². The van der Waals surface area contributed by atoms with Crippen LogP contribution in [0.25, 0.3) is 0 Å². The molecule has 0 amide bonds. The van der Waals surface area contributed by atoms with Crippen LogP contribution >= 0.6 is 0 Å². The smallest absolute Gasteiger partial charge is 0.178 e. The number of hydrogen-bond donors (Lipinski definition) is 0. The first-order chi connectivity index (χ1) is 9.01. The van der Waals surface area contributed by atoms with Crippen LogP contribution < -0.4 is 0 Å². The van der Waals surface area contributed by atoms with Gasteiger partial charge in [0.25, 0.3) is 0 Å². The number of rotatable bonds is 5. The van der Waals surface area contributed by atoms with Crippen molar-refractivity contribution in [1.82, 2.24) is 15.0 Å². The van der Waals surface area contributed by atoms with Crippen LogP contribution in [0.1, 0.15) is 18.2 Å². The number of aryl methyl sites for hydroxylation is 3. The van der Waals surface area contributed by atoms with E-state index in [1.807, 2.05) is 13.0 Å². The molecule has 19 heavy (non-hydrogen) atoms. The maximum Gasteiger partial charge on any atom is 0.178 e. The van der Waals surface area contributed by atoms with Gasteiger partial charge in [0.2, 0.25) is 0 Å². The van der Waals surface area contributed by atoms with Gasteiger partial charge in [-0.1, -0.05) is 24.3 Å². The van der Waals surface area contributed by atoms with E-state index in [0.29, 0.717) is 17.0 Å². The van der Waals surface area contributed by atoms with Crippen LogP contribution in [0.5, 0.6) is 0 Å². The molecule has 0 bridgehead atoms. The van der Waals surface area contributed by atoms with Gasteiger partial charge in [0.05, 0.1) is 16.3 Å². The van der Waals surface area contributed by atoms with Crippen LogP contribution in [0.15, 0.2) is 35.4 Å². The monoisotopic (exact) mass is 279 g/mol. The van der Waals surface area contributed by atoms with Crippen LogP contribution in [0.3, 0.4) is 0 Å². The van der Waals surface area contributed by atoms with Crippen molar-refractivity contribution in [2.75, 3.05) is 5.75 Å². The van der Waals surface area contributed by atoms with E-state index in [0.717, 1.165) is 12.0 Å². The molecule has 0 saturated heterocycles. The molecule has 0 N–H and O–H groups in total. The normalized spacial score (nSPS) is 11.7. The van der Waals surface area contributed by atoms with E-state index in [1.165, 1.54) is 0 Å². The third-order valence-electron chi connectivity index (χ3n) is 2.94. The van der Waals surface area contributed by atoms with Crippen LogP contribution in [0.4, 0.5) is 0 Å². The molecule has 0 spiro atoms. The molecule has 0 aliphatic carbocycles. The van der Waals surface area contributed by atoms with Gasteiger partial charge in [-0.2, -0.15) is 0 Å². The first kappa shape index (κ1) is 13.7. The van der Waals surface area contributed by atoms with Crippen molar-refractivity contribution in [2.45, 2.75) is 24.7 Å². The third-order valence-corrected chi connectivity index (χ3v) is 4.66. The van der Waals surface area contributed by atoms with E-state index < -0.39 is 9.84 Å². The molecule has 5 nitrogen and oxygen atoms in total. The summed E-state index contributed by atoms with van der Waals surface area (Å²) < 4.78 is 26.0. The Morgan fingerprint density at radius 2 is 2.11 bits per heavy atom. The molecule has 1 aromatic carbocycles. The number of sulfone groups is 1. The van der Waals surface area contributed by atoms with Crippen molar-refractivity contribution >= 4 is 9.84 Å². The van der Waals surface area contributed by atoms with E-state index in [1.54, 1.807) is 36.1 Å². The minimum atomic E-state index is -3.26. The molecule has 2 aromatic rings. The lowest BCUT2D eigenvalue weighted by Crippen LogP contribution is -2.09. The van der Waals surface area contributed by atoms with Crippen LogP contribution in [-0.4, -0.2) is 29.2 Å². The second-order valence-corrected chi connectivity index (χ2v) is 6.56. The average Bonchev–Trinajstić information content (AvgIpc) is 2.82. The van der Waals surface area contributed by atoms with Gasteiger partial charge < -0.3 is 0 Å². The maximum atomic E-state index is 12.2. The number of benzene rings is 1. The molecule has 1 heterocycles. The fourth-order valence-corrected chi connectivity index (χ4v) is 3.16. The summed E-state index contributed by atoms with van der Waals surface area (Å²) in [7, 11) is -1.50. The molecule has 0 aliphatic rings. The van der Waals surface area contributed by atoms with Gasteiger partial charge in [-0.15, -0.1) is 5.10 Å². The summed E-state index contributed by atoms with van der Waals surface area (Å²) in [5.74, 6) is 0.0544. The molecule has 0 saturated carbocycles. The number of nitrogens with zero attached hydrogens (tertiary/aromatic N) is 3. The molecule has 0 fully saturated rings. The Morgan fingerprint density at radius 1 is 1.32 bits per heavy atom. The summed E-state index contributed by atoms with van der Waals surface area (Å²) in [5, 5.41) is 7.68. The van der Waals surface area contributed by atoms with Crippen LogP contribution in [0.2, 0.25) is 0 Å². The Balaban J connectivity index is 2.13. The van der Waals surface area contributed by atoms with E-state index in [2.05, 4.69) is 10.3 Å². The predicted octanol–water partition coefficient (Wildman–Crippen LogP) is 1.39.